The first-order valence-corrected chi connectivity index (χ1v) is 9.34. The maximum Gasteiger partial charge on any atom is 0.295 e. The molecule has 1 heterocycles. The Morgan fingerprint density at radius 1 is 1.07 bits per heavy atom. The van der Waals surface area contributed by atoms with Gasteiger partial charge in [0.1, 0.15) is 5.82 Å². The number of rotatable bonds is 7. The summed E-state index contributed by atoms with van der Waals surface area (Å²) in [5, 5.41) is 2.32. The highest BCUT2D eigenvalue weighted by molar-refractivity contribution is 8.18. The fourth-order valence-electron chi connectivity index (χ4n) is 2.74. The fourth-order valence-corrected chi connectivity index (χ4v) is 3.58. The summed E-state index contributed by atoms with van der Waals surface area (Å²) >= 11 is 0.805. The largest absolute Gasteiger partial charge is 0.493 e. The number of para-hydroxylation sites is 1. The molecule has 0 atom stereocenters. The topological polar surface area (TPSA) is 77.1 Å². The van der Waals surface area contributed by atoms with E-state index in [0.717, 1.165) is 16.7 Å². The lowest BCUT2D eigenvalue weighted by Gasteiger charge is -2.15. The van der Waals surface area contributed by atoms with Crippen molar-refractivity contribution in [1.82, 2.24) is 4.90 Å². The Balaban J connectivity index is 1.82. The number of nitrogens with one attached hydrogen (secondary N) is 1. The number of amides is 2. The van der Waals surface area contributed by atoms with Gasteiger partial charge < -0.3 is 19.5 Å². The van der Waals surface area contributed by atoms with Crippen LogP contribution in [0.15, 0.2) is 41.3 Å². The summed E-state index contributed by atoms with van der Waals surface area (Å²) in [6.07, 6.45) is 1.57. The number of benzene rings is 2. The number of halogens is 1. The third-order valence-corrected chi connectivity index (χ3v) is 5.07. The lowest BCUT2D eigenvalue weighted by molar-refractivity contribution is -0.122. The van der Waals surface area contributed by atoms with E-state index in [1.165, 1.54) is 33.5 Å². The Morgan fingerprint density at radius 2 is 1.72 bits per heavy atom. The van der Waals surface area contributed by atoms with Crippen molar-refractivity contribution in [2.24, 2.45) is 0 Å². The number of carbonyl (C=O) groups excluding carboxylic acids is 2. The predicted molar refractivity (Wildman–Crippen MR) is 109 cm³/mol. The quantitative estimate of drug-likeness (QED) is 0.682. The molecule has 0 unspecified atom stereocenters. The molecule has 0 saturated carbocycles. The van der Waals surface area contributed by atoms with Crippen LogP contribution in [0.2, 0.25) is 0 Å². The number of thioether (sulfide) groups is 1. The molecule has 1 saturated heterocycles. The minimum atomic E-state index is -0.474. The van der Waals surface area contributed by atoms with Crippen LogP contribution >= 0.6 is 11.8 Å². The lowest BCUT2D eigenvalue weighted by Crippen LogP contribution is -2.33. The minimum Gasteiger partial charge on any atom is -0.493 e. The summed E-state index contributed by atoms with van der Waals surface area (Å²) < 4.78 is 29.6. The number of hydrogen-bond acceptors (Lipinski definition) is 7. The summed E-state index contributed by atoms with van der Waals surface area (Å²) in [7, 11) is 4.47. The van der Waals surface area contributed by atoms with E-state index in [4.69, 9.17) is 14.2 Å². The Morgan fingerprint density at radius 3 is 2.31 bits per heavy atom. The molecule has 3 rings (SSSR count). The summed E-state index contributed by atoms with van der Waals surface area (Å²) in [6.45, 7) is -0.141. The first-order valence-electron chi connectivity index (χ1n) is 8.52. The van der Waals surface area contributed by atoms with E-state index in [9.17, 15) is 14.0 Å². The Hall–Kier alpha value is -3.20. The van der Waals surface area contributed by atoms with Crippen molar-refractivity contribution in [3.8, 4) is 17.2 Å². The number of imide groups is 1. The molecule has 0 radical (unpaired) electrons. The van der Waals surface area contributed by atoms with Crippen LogP contribution in [0.5, 0.6) is 17.2 Å². The maximum absolute atomic E-state index is 13.7. The predicted octanol–water partition coefficient (Wildman–Crippen LogP) is 3.96. The molecule has 9 heteroatoms. The van der Waals surface area contributed by atoms with Gasteiger partial charge in [0, 0.05) is 0 Å². The molecule has 7 nitrogen and oxygen atoms in total. The van der Waals surface area contributed by atoms with Crippen LogP contribution in [0.3, 0.4) is 0 Å². The molecule has 2 aromatic carbocycles. The molecule has 152 valence electrons. The van der Waals surface area contributed by atoms with Crippen molar-refractivity contribution in [2.45, 2.75) is 0 Å². The van der Waals surface area contributed by atoms with E-state index >= 15 is 0 Å². The van der Waals surface area contributed by atoms with E-state index in [-0.39, 0.29) is 17.3 Å². The van der Waals surface area contributed by atoms with Gasteiger partial charge in [0.05, 0.1) is 38.6 Å². The smallest absolute Gasteiger partial charge is 0.295 e. The Kier molecular flexibility index (Phi) is 6.28. The third kappa shape index (κ3) is 4.29. The summed E-state index contributed by atoms with van der Waals surface area (Å²) in [6, 6.07) is 9.38. The van der Waals surface area contributed by atoms with Crippen LogP contribution in [-0.2, 0) is 4.79 Å². The third-order valence-electron chi connectivity index (χ3n) is 4.16. The Labute approximate surface area is 171 Å². The van der Waals surface area contributed by atoms with Gasteiger partial charge in [-0.3, -0.25) is 14.5 Å². The van der Waals surface area contributed by atoms with Gasteiger partial charge in [-0.2, -0.15) is 0 Å². The first-order chi connectivity index (χ1) is 14.0. The number of ether oxygens (including phenoxy) is 3. The van der Waals surface area contributed by atoms with Gasteiger partial charge in [-0.1, -0.05) is 12.1 Å². The molecule has 1 aliphatic heterocycles. The second-order valence-electron chi connectivity index (χ2n) is 5.88. The zero-order valence-corrected chi connectivity index (χ0v) is 16.8. The van der Waals surface area contributed by atoms with Crippen molar-refractivity contribution in [3.63, 3.8) is 0 Å². The highest BCUT2D eigenvalue weighted by Gasteiger charge is 2.35. The van der Waals surface area contributed by atoms with Gasteiger partial charge in [0.15, 0.2) is 11.5 Å². The van der Waals surface area contributed by atoms with Crippen LogP contribution in [0, 0.1) is 5.82 Å². The van der Waals surface area contributed by atoms with E-state index < -0.39 is 17.0 Å². The van der Waals surface area contributed by atoms with E-state index in [2.05, 4.69) is 5.32 Å². The first kappa shape index (κ1) is 20.5. The number of nitrogens with zero attached hydrogens (tertiary/aromatic N) is 1. The number of anilines is 1. The van der Waals surface area contributed by atoms with Crippen molar-refractivity contribution in [3.05, 3.63) is 52.7 Å². The average Bonchev–Trinajstić information content (AvgIpc) is 2.99. The van der Waals surface area contributed by atoms with Gasteiger partial charge in [0.25, 0.3) is 11.1 Å². The second-order valence-corrected chi connectivity index (χ2v) is 6.88. The van der Waals surface area contributed by atoms with Crippen LogP contribution in [0.4, 0.5) is 14.9 Å². The highest BCUT2D eigenvalue weighted by atomic mass is 32.2. The second kappa shape index (κ2) is 8.87. The SMILES string of the molecule is COc1cc(/C=C2/SC(=O)N(CNc3ccccc3F)C2=O)cc(OC)c1OC. The minimum absolute atomic E-state index is 0.141. The Bertz CT molecular complexity index is 954. The molecule has 2 amide bonds. The van der Waals surface area contributed by atoms with E-state index in [1.807, 2.05) is 0 Å². The average molecular weight is 418 g/mol. The van der Waals surface area contributed by atoms with Gasteiger partial charge >= 0.3 is 0 Å². The van der Waals surface area contributed by atoms with Crippen molar-refractivity contribution in [1.29, 1.82) is 0 Å². The van der Waals surface area contributed by atoms with Crippen LogP contribution < -0.4 is 19.5 Å². The summed E-state index contributed by atoms with van der Waals surface area (Å²) in [5.41, 5.74) is 0.812. The zero-order chi connectivity index (χ0) is 21.0. The molecule has 1 aliphatic rings. The molecule has 1 N–H and O–H groups in total. The van der Waals surface area contributed by atoms with E-state index in [1.54, 1.807) is 30.3 Å². The van der Waals surface area contributed by atoms with Crippen LogP contribution in [-0.4, -0.2) is 44.0 Å². The molecule has 0 aliphatic carbocycles. The van der Waals surface area contributed by atoms with Crippen LogP contribution in [0.25, 0.3) is 6.08 Å². The van der Waals surface area contributed by atoms with E-state index in [0.29, 0.717) is 22.8 Å². The monoisotopic (exact) mass is 418 g/mol. The molecular formula is C20H19FN2O5S. The zero-order valence-electron chi connectivity index (χ0n) is 16.0. The maximum atomic E-state index is 13.7. The van der Waals surface area contributed by atoms with Gasteiger partial charge in [-0.25, -0.2) is 4.39 Å². The number of methoxy groups -OCH3 is 3. The van der Waals surface area contributed by atoms with Crippen molar-refractivity contribution >= 4 is 34.7 Å². The molecule has 0 bridgehead atoms. The molecule has 2 aromatic rings. The number of hydrogen-bond donors (Lipinski definition) is 1. The molecular weight excluding hydrogens is 399 g/mol. The number of carbonyl (C=O) groups is 2. The molecule has 1 fully saturated rings. The highest BCUT2D eigenvalue weighted by Crippen LogP contribution is 2.40. The summed E-state index contributed by atoms with van der Waals surface area (Å²) in [5.74, 6) is 0.344. The normalized spacial score (nSPS) is 15.0. The fraction of sp³-hybridized carbons (Fsp3) is 0.200. The standard InChI is InChI=1S/C20H19FN2O5S/c1-26-15-8-12(9-16(27-2)18(15)28-3)10-17-19(24)23(20(25)29-17)11-22-14-7-5-4-6-13(14)21/h4-10,22H,11H2,1-3H3/b17-10+. The molecule has 0 spiro atoms. The lowest BCUT2D eigenvalue weighted by atomic mass is 10.1. The van der Waals surface area contributed by atoms with Crippen molar-refractivity contribution < 1.29 is 28.2 Å². The van der Waals surface area contributed by atoms with Gasteiger partial charge in [-0.05, 0) is 47.7 Å². The van der Waals surface area contributed by atoms with Crippen LogP contribution in [0.1, 0.15) is 5.56 Å². The molecule has 29 heavy (non-hydrogen) atoms. The van der Waals surface area contributed by atoms with Gasteiger partial charge in [-0.15, -0.1) is 0 Å². The van der Waals surface area contributed by atoms with Gasteiger partial charge in [0.2, 0.25) is 5.75 Å². The molecule has 0 aromatic heterocycles. The summed E-state index contributed by atoms with van der Waals surface area (Å²) in [4.78, 5) is 26.2. The van der Waals surface area contributed by atoms with Crippen molar-refractivity contribution in [2.75, 3.05) is 33.3 Å².